The molecule has 0 radical (unpaired) electrons. The van der Waals surface area contributed by atoms with Crippen LogP contribution in [0.2, 0.25) is 0 Å². The van der Waals surface area contributed by atoms with E-state index in [1.54, 1.807) is 0 Å². The van der Waals surface area contributed by atoms with Crippen LogP contribution in [0.3, 0.4) is 0 Å². The van der Waals surface area contributed by atoms with Crippen LogP contribution in [0.5, 0.6) is 11.5 Å². The van der Waals surface area contributed by atoms with E-state index in [2.05, 4.69) is 15.7 Å². The van der Waals surface area contributed by atoms with Crippen LogP contribution in [0, 0.1) is 0 Å². The summed E-state index contributed by atoms with van der Waals surface area (Å²) in [5.74, 6) is 7.39. The number of rotatable bonds is 6. The number of nitrogens with one attached hydrogen (secondary N) is 2. The van der Waals surface area contributed by atoms with Crippen molar-refractivity contribution in [2.45, 2.75) is 20.8 Å². The van der Waals surface area contributed by atoms with Gasteiger partial charge in [-0.2, -0.15) is 0 Å². The van der Waals surface area contributed by atoms with Crippen LogP contribution in [-0.2, 0) is 0 Å². The van der Waals surface area contributed by atoms with E-state index in [-0.39, 0.29) is 0 Å². The van der Waals surface area contributed by atoms with Crippen LogP contribution in [0.1, 0.15) is 20.8 Å². The summed E-state index contributed by atoms with van der Waals surface area (Å²) in [5.41, 5.74) is 3.28. The molecule has 0 aliphatic rings. The van der Waals surface area contributed by atoms with Gasteiger partial charge in [-0.3, -0.25) is 10.4 Å². The Morgan fingerprint density at radius 3 is 2.53 bits per heavy atom. The van der Waals surface area contributed by atoms with Gasteiger partial charge in [0.25, 0.3) is 0 Å². The summed E-state index contributed by atoms with van der Waals surface area (Å²) in [7, 11) is 0. The standard InChI is InChI=1S/C13H22N4O2/c1-4-15-13(17-14)16-11-9-10(18-5-2)7-8-12(11)19-6-3/h7-9H,4-6,14H2,1-3H3,(H2,15,16,17). The average Bonchev–Trinajstić information content (AvgIpc) is 2.41. The molecular formula is C13H22N4O2. The maximum absolute atomic E-state index is 5.55. The molecule has 1 rings (SSSR count). The zero-order valence-corrected chi connectivity index (χ0v) is 11.7. The molecule has 0 spiro atoms. The molecule has 0 unspecified atom stereocenters. The lowest BCUT2D eigenvalue weighted by molar-refractivity contribution is 0.332. The maximum Gasteiger partial charge on any atom is 0.210 e. The topological polar surface area (TPSA) is 80.9 Å². The van der Waals surface area contributed by atoms with Gasteiger partial charge in [0.1, 0.15) is 11.5 Å². The van der Waals surface area contributed by atoms with Crippen LogP contribution >= 0.6 is 0 Å². The summed E-state index contributed by atoms with van der Waals surface area (Å²) in [6.07, 6.45) is 0. The SMILES string of the molecule is CCN=C(NN)Nc1cc(OCC)ccc1OCC. The van der Waals surface area contributed by atoms with Gasteiger partial charge in [-0.1, -0.05) is 0 Å². The van der Waals surface area contributed by atoms with Crippen LogP contribution in [0.15, 0.2) is 23.2 Å². The number of anilines is 1. The number of nitrogens with two attached hydrogens (primary N) is 1. The molecule has 1 aromatic rings. The van der Waals surface area contributed by atoms with Gasteiger partial charge < -0.3 is 14.8 Å². The van der Waals surface area contributed by atoms with E-state index >= 15 is 0 Å². The van der Waals surface area contributed by atoms with Gasteiger partial charge in [-0.05, 0) is 32.9 Å². The largest absolute Gasteiger partial charge is 0.494 e. The van der Waals surface area contributed by atoms with E-state index in [4.69, 9.17) is 15.3 Å². The molecule has 0 atom stereocenters. The minimum absolute atomic E-state index is 0.483. The Bertz CT molecular complexity index is 421. The van der Waals surface area contributed by atoms with Gasteiger partial charge in [0.2, 0.25) is 5.96 Å². The molecule has 0 heterocycles. The lowest BCUT2D eigenvalue weighted by Gasteiger charge is -2.15. The van der Waals surface area contributed by atoms with Crippen molar-refractivity contribution < 1.29 is 9.47 Å². The van der Waals surface area contributed by atoms with Gasteiger partial charge in [-0.15, -0.1) is 0 Å². The Kier molecular flexibility index (Phi) is 6.52. The van der Waals surface area contributed by atoms with Gasteiger partial charge in [0, 0.05) is 12.6 Å². The fourth-order valence-electron chi connectivity index (χ4n) is 1.55. The van der Waals surface area contributed by atoms with Crippen LogP contribution in [0.4, 0.5) is 5.69 Å². The molecule has 0 saturated heterocycles. The minimum atomic E-state index is 0.483. The molecule has 106 valence electrons. The third-order valence-corrected chi connectivity index (χ3v) is 2.27. The normalized spacial score (nSPS) is 11.1. The number of hydrazine groups is 1. The first-order valence-corrected chi connectivity index (χ1v) is 6.42. The quantitative estimate of drug-likeness (QED) is 0.316. The number of guanidine groups is 1. The molecule has 0 saturated carbocycles. The number of benzene rings is 1. The third-order valence-electron chi connectivity index (χ3n) is 2.27. The van der Waals surface area contributed by atoms with Crippen molar-refractivity contribution in [3.05, 3.63) is 18.2 Å². The second-order valence-electron chi connectivity index (χ2n) is 3.62. The maximum atomic E-state index is 5.55. The molecule has 0 fully saturated rings. The fourth-order valence-corrected chi connectivity index (χ4v) is 1.55. The Labute approximate surface area is 114 Å². The summed E-state index contributed by atoms with van der Waals surface area (Å²) in [6, 6.07) is 5.58. The highest BCUT2D eigenvalue weighted by Gasteiger charge is 2.07. The first kappa shape index (κ1) is 15.1. The van der Waals surface area contributed by atoms with Crippen molar-refractivity contribution in [2.24, 2.45) is 10.8 Å². The summed E-state index contributed by atoms with van der Waals surface area (Å²) in [4.78, 5) is 4.19. The molecule has 0 aliphatic carbocycles. The van der Waals surface area contributed by atoms with E-state index in [0.29, 0.717) is 25.7 Å². The predicted octanol–water partition coefficient (Wildman–Crippen LogP) is 1.74. The van der Waals surface area contributed by atoms with Gasteiger partial charge >= 0.3 is 0 Å². The van der Waals surface area contributed by atoms with Gasteiger partial charge in [0.15, 0.2) is 0 Å². The predicted molar refractivity (Wildman–Crippen MR) is 77.7 cm³/mol. The van der Waals surface area contributed by atoms with Crippen molar-refractivity contribution in [1.29, 1.82) is 0 Å². The molecule has 1 aromatic carbocycles. The zero-order valence-electron chi connectivity index (χ0n) is 11.7. The second-order valence-corrected chi connectivity index (χ2v) is 3.62. The molecule has 6 nitrogen and oxygen atoms in total. The Hall–Kier alpha value is -1.95. The average molecular weight is 266 g/mol. The molecular weight excluding hydrogens is 244 g/mol. The molecule has 0 bridgehead atoms. The third kappa shape index (κ3) is 4.67. The number of hydrogen-bond acceptors (Lipinski definition) is 4. The van der Waals surface area contributed by atoms with E-state index in [1.165, 1.54) is 0 Å². The first-order valence-electron chi connectivity index (χ1n) is 6.42. The second kappa shape index (κ2) is 8.20. The number of aliphatic imine (C=N–C) groups is 1. The molecule has 6 heteroatoms. The van der Waals surface area contributed by atoms with E-state index < -0.39 is 0 Å². The molecule has 19 heavy (non-hydrogen) atoms. The number of ether oxygens (including phenoxy) is 2. The van der Waals surface area contributed by atoms with Crippen molar-refractivity contribution in [2.75, 3.05) is 25.1 Å². The summed E-state index contributed by atoms with van der Waals surface area (Å²) < 4.78 is 11.0. The smallest absolute Gasteiger partial charge is 0.210 e. The van der Waals surface area contributed by atoms with Crippen LogP contribution in [-0.4, -0.2) is 25.7 Å². The Morgan fingerprint density at radius 2 is 1.95 bits per heavy atom. The highest BCUT2D eigenvalue weighted by atomic mass is 16.5. The molecule has 0 amide bonds. The Morgan fingerprint density at radius 1 is 1.21 bits per heavy atom. The number of hydrogen-bond donors (Lipinski definition) is 3. The molecule has 4 N–H and O–H groups in total. The molecule has 0 aromatic heterocycles. The monoisotopic (exact) mass is 266 g/mol. The zero-order chi connectivity index (χ0) is 14.1. The lowest BCUT2D eigenvalue weighted by atomic mass is 10.2. The summed E-state index contributed by atoms with van der Waals surface area (Å²) >= 11 is 0. The first-order chi connectivity index (χ1) is 9.24. The molecule has 0 aliphatic heterocycles. The van der Waals surface area contributed by atoms with Crippen LogP contribution in [0.25, 0.3) is 0 Å². The highest BCUT2D eigenvalue weighted by Crippen LogP contribution is 2.29. The van der Waals surface area contributed by atoms with Gasteiger partial charge in [0.05, 0.1) is 18.9 Å². The summed E-state index contributed by atoms with van der Waals surface area (Å²) in [6.45, 7) is 7.62. The Balaban J connectivity index is 2.98. The number of nitrogens with zero attached hydrogens (tertiary/aromatic N) is 1. The van der Waals surface area contributed by atoms with E-state index in [9.17, 15) is 0 Å². The van der Waals surface area contributed by atoms with Crippen molar-refractivity contribution in [3.8, 4) is 11.5 Å². The van der Waals surface area contributed by atoms with Crippen molar-refractivity contribution >= 4 is 11.6 Å². The van der Waals surface area contributed by atoms with Crippen LogP contribution < -0.4 is 26.1 Å². The highest BCUT2D eigenvalue weighted by molar-refractivity contribution is 5.94. The van der Waals surface area contributed by atoms with Gasteiger partial charge in [-0.25, -0.2) is 5.84 Å². The minimum Gasteiger partial charge on any atom is -0.494 e. The fraction of sp³-hybridized carbons (Fsp3) is 0.462. The van der Waals surface area contributed by atoms with Crippen molar-refractivity contribution in [3.63, 3.8) is 0 Å². The van der Waals surface area contributed by atoms with E-state index in [0.717, 1.165) is 17.2 Å². The van der Waals surface area contributed by atoms with E-state index in [1.807, 2.05) is 39.0 Å². The summed E-state index contributed by atoms with van der Waals surface area (Å²) in [5, 5.41) is 3.09. The lowest BCUT2D eigenvalue weighted by Crippen LogP contribution is -2.36. The van der Waals surface area contributed by atoms with Crippen molar-refractivity contribution in [1.82, 2.24) is 5.43 Å².